The first kappa shape index (κ1) is 30.5. The zero-order valence-corrected chi connectivity index (χ0v) is 26.3. The van der Waals surface area contributed by atoms with Gasteiger partial charge in [0.15, 0.2) is 11.6 Å². The molecule has 4 heterocycles. The first-order valence-corrected chi connectivity index (χ1v) is 16.4. The fourth-order valence-corrected chi connectivity index (χ4v) is 7.58. The predicted octanol–water partition coefficient (Wildman–Crippen LogP) is 4.48. The Kier molecular flexibility index (Phi) is 9.81. The summed E-state index contributed by atoms with van der Waals surface area (Å²) >= 11 is 1.59. The van der Waals surface area contributed by atoms with E-state index in [-0.39, 0.29) is 11.7 Å². The maximum atomic E-state index is 14.2. The maximum Gasteiger partial charge on any atom is 0.219 e. The SMILES string of the molecule is CCC/C(C(=O)[C@H]1CCCc2scc(C#N)c21)=C(/N)c1nc(OC[C@@H]2CCCN2C)cc(N2CCNC(C(C)C)C2)n1. The van der Waals surface area contributed by atoms with E-state index in [1.54, 1.807) is 11.3 Å². The summed E-state index contributed by atoms with van der Waals surface area (Å²) in [5, 5.41) is 15.3. The number of nitrogens with two attached hydrogens (primary N) is 1. The van der Waals surface area contributed by atoms with Crippen molar-refractivity contribution in [1.29, 1.82) is 5.26 Å². The fourth-order valence-electron chi connectivity index (χ4n) is 6.50. The fraction of sp³-hybridized carbons (Fsp3) is 0.625. The number of aryl methyl sites for hydroxylation is 1. The zero-order chi connectivity index (χ0) is 29.8. The van der Waals surface area contributed by atoms with Crippen LogP contribution in [-0.2, 0) is 11.2 Å². The number of allylic oxidation sites excluding steroid dienone is 1. The van der Waals surface area contributed by atoms with E-state index < -0.39 is 0 Å². The molecule has 2 aliphatic heterocycles. The number of hydrogen-bond donors (Lipinski definition) is 2. The van der Waals surface area contributed by atoms with Crippen LogP contribution in [0, 0.1) is 17.2 Å². The third-order valence-corrected chi connectivity index (χ3v) is 10.1. The second-order valence-corrected chi connectivity index (χ2v) is 13.2. The van der Waals surface area contributed by atoms with Crippen LogP contribution in [0.2, 0.25) is 0 Å². The molecule has 2 aromatic rings. The number of ether oxygens (including phenoxy) is 1. The van der Waals surface area contributed by atoms with Crippen LogP contribution >= 0.6 is 11.3 Å². The monoisotopic (exact) mass is 591 g/mol. The maximum absolute atomic E-state index is 14.2. The van der Waals surface area contributed by atoms with E-state index in [0.29, 0.717) is 59.6 Å². The summed E-state index contributed by atoms with van der Waals surface area (Å²) in [5.74, 6) is 1.74. The molecule has 226 valence electrons. The Hall–Kier alpha value is -3.00. The van der Waals surface area contributed by atoms with Gasteiger partial charge in [0.1, 0.15) is 18.5 Å². The van der Waals surface area contributed by atoms with Crippen molar-refractivity contribution in [2.24, 2.45) is 11.7 Å². The molecule has 0 spiro atoms. The molecule has 2 saturated heterocycles. The van der Waals surface area contributed by atoms with Crippen molar-refractivity contribution in [3.05, 3.63) is 38.8 Å². The summed E-state index contributed by atoms with van der Waals surface area (Å²) in [7, 11) is 2.13. The number of rotatable bonds is 10. The minimum absolute atomic E-state index is 0.00343. The Morgan fingerprint density at radius 2 is 2.12 bits per heavy atom. The molecule has 9 nitrogen and oxygen atoms in total. The van der Waals surface area contributed by atoms with E-state index in [1.807, 2.05) is 11.4 Å². The van der Waals surface area contributed by atoms with Gasteiger partial charge in [-0.1, -0.05) is 27.2 Å². The lowest BCUT2D eigenvalue weighted by Crippen LogP contribution is -2.53. The molecule has 0 radical (unpaired) electrons. The number of likely N-dealkylation sites (tertiary alicyclic amines) is 1. The smallest absolute Gasteiger partial charge is 0.219 e. The Morgan fingerprint density at radius 3 is 2.83 bits per heavy atom. The number of thiophene rings is 1. The van der Waals surface area contributed by atoms with Crippen molar-refractivity contribution < 1.29 is 9.53 Å². The Bertz CT molecular complexity index is 1350. The van der Waals surface area contributed by atoms with Crippen LogP contribution in [0.3, 0.4) is 0 Å². The lowest BCUT2D eigenvalue weighted by atomic mass is 9.79. The van der Waals surface area contributed by atoms with Gasteiger partial charge < -0.3 is 25.6 Å². The molecule has 1 aliphatic carbocycles. The number of hydrogen-bond acceptors (Lipinski definition) is 10. The van der Waals surface area contributed by atoms with Crippen LogP contribution in [0.15, 0.2) is 17.0 Å². The Balaban J connectivity index is 1.52. The van der Waals surface area contributed by atoms with E-state index in [4.69, 9.17) is 20.4 Å². The molecule has 5 rings (SSSR count). The quantitative estimate of drug-likeness (QED) is 0.386. The van der Waals surface area contributed by atoms with Crippen LogP contribution in [0.1, 0.15) is 87.0 Å². The number of carbonyl (C=O) groups is 1. The molecule has 3 N–H and O–H groups in total. The van der Waals surface area contributed by atoms with Gasteiger partial charge in [0.25, 0.3) is 0 Å². The molecular formula is C32H45N7O2S. The highest BCUT2D eigenvalue weighted by Gasteiger charge is 2.34. The normalized spacial score (nSPS) is 23.4. The lowest BCUT2D eigenvalue weighted by molar-refractivity contribution is -0.117. The van der Waals surface area contributed by atoms with E-state index in [9.17, 15) is 10.1 Å². The average molecular weight is 592 g/mol. The number of piperazine rings is 1. The number of carbonyl (C=O) groups excluding carboxylic acids is 1. The minimum atomic E-state index is -0.355. The van der Waals surface area contributed by atoms with Gasteiger partial charge >= 0.3 is 0 Å². The number of likely N-dealkylation sites (N-methyl/N-ethyl adjacent to an activating group) is 1. The molecule has 2 fully saturated rings. The number of nitrogens with zero attached hydrogens (tertiary/aromatic N) is 5. The average Bonchev–Trinajstić information content (AvgIpc) is 3.63. The second kappa shape index (κ2) is 13.5. The second-order valence-electron chi connectivity index (χ2n) is 12.3. The highest BCUT2D eigenvalue weighted by molar-refractivity contribution is 7.10. The summed E-state index contributed by atoms with van der Waals surface area (Å²) in [4.78, 5) is 29.7. The molecule has 0 aromatic carbocycles. The number of anilines is 1. The third-order valence-electron chi connectivity index (χ3n) is 9.07. The molecule has 3 atom stereocenters. The Labute approximate surface area is 254 Å². The van der Waals surface area contributed by atoms with Crippen LogP contribution in [0.5, 0.6) is 5.88 Å². The van der Waals surface area contributed by atoms with Crippen LogP contribution in [0.25, 0.3) is 5.70 Å². The lowest BCUT2D eigenvalue weighted by Gasteiger charge is -2.36. The molecule has 42 heavy (non-hydrogen) atoms. The first-order valence-electron chi connectivity index (χ1n) is 15.5. The van der Waals surface area contributed by atoms with Gasteiger partial charge in [0.05, 0.1) is 11.3 Å². The molecule has 0 amide bonds. The van der Waals surface area contributed by atoms with Crippen LogP contribution in [0.4, 0.5) is 5.82 Å². The molecule has 1 unspecified atom stereocenters. The molecule has 0 saturated carbocycles. The molecule has 2 aromatic heterocycles. The van der Waals surface area contributed by atoms with E-state index in [0.717, 1.165) is 74.5 Å². The molecule has 3 aliphatic rings. The number of aromatic nitrogens is 2. The zero-order valence-electron chi connectivity index (χ0n) is 25.5. The highest BCUT2D eigenvalue weighted by atomic mass is 32.1. The van der Waals surface area contributed by atoms with Gasteiger partial charge in [-0.25, -0.2) is 4.98 Å². The summed E-state index contributed by atoms with van der Waals surface area (Å²) in [6, 6.07) is 4.93. The van der Waals surface area contributed by atoms with Gasteiger partial charge in [0.2, 0.25) is 5.88 Å². The first-order chi connectivity index (χ1) is 20.3. The number of Topliss-reactive ketones (excluding diaryl/α,β-unsaturated/α-hetero) is 1. The van der Waals surface area contributed by atoms with Gasteiger partial charge in [-0.15, -0.1) is 11.3 Å². The van der Waals surface area contributed by atoms with Crippen LogP contribution < -0.4 is 20.7 Å². The number of nitrogens with one attached hydrogen (secondary N) is 1. The highest BCUT2D eigenvalue weighted by Crippen LogP contribution is 2.40. The predicted molar refractivity (Wildman–Crippen MR) is 168 cm³/mol. The van der Waals surface area contributed by atoms with Crippen molar-refractivity contribution >= 4 is 28.6 Å². The summed E-state index contributed by atoms with van der Waals surface area (Å²) in [6.45, 7) is 10.6. The van der Waals surface area contributed by atoms with Gasteiger partial charge in [-0.2, -0.15) is 10.2 Å². The van der Waals surface area contributed by atoms with E-state index in [1.165, 1.54) is 6.42 Å². The van der Waals surface area contributed by atoms with Crippen molar-refractivity contribution in [3.63, 3.8) is 0 Å². The molecule has 0 bridgehead atoms. The molecule has 10 heteroatoms. The standard InChI is InChI=1S/C32H45N7O2S/c1-5-8-24(31(40)23-10-6-11-26-29(23)21(16-33)19-42-26)30(34)32-36-27(39-14-12-35-25(17-39)20(2)3)15-28(37-32)41-18-22-9-7-13-38(22)4/h15,19-20,22-23,25,35H,5-14,17-18,34H2,1-4H3/b30-24-/t22-,23-,25?/m0/s1. The number of nitriles is 1. The number of fused-ring (bicyclic) bond motifs is 1. The van der Waals surface area contributed by atoms with E-state index >= 15 is 0 Å². The molecular weight excluding hydrogens is 546 g/mol. The van der Waals surface area contributed by atoms with Crippen molar-refractivity contribution in [2.75, 3.05) is 44.7 Å². The van der Waals surface area contributed by atoms with Crippen molar-refractivity contribution in [3.8, 4) is 11.9 Å². The summed E-state index contributed by atoms with van der Waals surface area (Å²) < 4.78 is 6.31. The Morgan fingerprint density at radius 1 is 1.29 bits per heavy atom. The third kappa shape index (κ3) is 6.48. The van der Waals surface area contributed by atoms with Gasteiger partial charge in [-0.05, 0) is 63.6 Å². The van der Waals surface area contributed by atoms with Crippen LogP contribution in [-0.4, -0.2) is 72.6 Å². The number of ketones is 1. The van der Waals surface area contributed by atoms with Gasteiger partial charge in [-0.3, -0.25) is 4.79 Å². The topological polar surface area (TPSA) is 120 Å². The largest absolute Gasteiger partial charge is 0.476 e. The summed E-state index contributed by atoms with van der Waals surface area (Å²) in [6.07, 6.45) is 6.12. The van der Waals surface area contributed by atoms with Gasteiger partial charge in [0, 0.05) is 59.5 Å². The minimum Gasteiger partial charge on any atom is -0.476 e. The summed E-state index contributed by atoms with van der Waals surface area (Å²) in [5.41, 5.74) is 9.26. The van der Waals surface area contributed by atoms with Crippen molar-refractivity contribution in [2.45, 2.75) is 83.7 Å². The van der Waals surface area contributed by atoms with Crippen molar-refractivity contribution in [1.82, 2.24) is 20.2 Å². The van der Waals surface area contributed by atoms with E-state index in [2.05, 4.69) is 49.0 Å².